The molecular formula is C26H27F2N5O2. The van der Waals surface area contributed by atoms with Crippen LogP contribution in [0.4, 0.5) is 14.5 Å². The average Bonchev–Trinajstić information content (AvgIpc) is 2.88. The SMILES string of the molecule is CC[C@@H]1CN2c3c(c(=O)n(C)c4ccc(C#N)nc34)OC[C@@H]2CN1[C@@H](CC)c1ccc(F)c(F)c1. The van der Waals surface area contributed by atoms with E-state index in [0.29, 0.717) is 36.4 Å². The molecule has 0 amide bonds. The number of nitriles is 1. The molecule has 0 unspecified atom stereocenters. The highest BCUT2D eigenvalue weighted by molar-refractivity contribution is 5.93. The van der Waals surface area contributed by atoms with E-state index in [1.54, 1.807) is 25.2 Å². The zero-order valence-corrected chi connectivity index (χ0v) is 20.0. The Kier molecular flexibility index (Phi) is 5.93. The molecule has 4 heterocycles. The van der Waals surface area contributed by atoms with Crippen molar-refractivity contribution < 1.29 is 13.5 Å². The number of halogens is 2. The van der Waals surface area contributed by atoms with Crippen LogP contribution in [0, 0.1) is 23.0 Å². The van der Waals surface area contributed by atoms with Crippen LogP contribution >= 0.6 is 0 Å². The van der Waals surface area contributed by atoms with Crippen LogP contribution in [0.1, 0.15) is 44.0 Å². The maximum atomic E-state index is 14.1. The van der Waals surface area contributed by atoms with Crippen LogP contribution < -0.4 is 15.2 Å². The quantitative estimate of drug-likeness (QED) is 0.565. The molecule has 2 aromatic heterocycles. The van der Waals surface area contributed by atoms with Crippen LogP contribution in [-0.4, -0.2) is 46.2 Å². The monoisotopic (exact) mass is 479 g/mol. The van der Waals surface area contributed by atoms with Crippen LogP contribution in [0.5, 0.6) is 5.75 Å². The number of hydrogen-bond donors (Lipinski definition) is 0. The minimum atomic E-state index is -0.851. The lowest BCUT2D eigenvalue weighted by molar-refractivity contribution is 0.0718. The van der Waals surface area contributed by atoms with Gasteiger partial charge in [0.1, 0.15) is 29.6 Å². The van der Waals surface area contributed by atoms with Crippen molar-refractivity contribution in [1.82, 2.24) is 14.5 Å². The van der Waals surface area contributed by atoms with Gasteiger partial charge >= 0.3 is 0 Å². The van der Waals surface area contributed by atoms with Gasteiger partial charge in [0.25, 0.3) is 5.56 Å². The molecule has 182 valence electrons. The number of fused-ring (bicyclic) bond motifs is 5. The summed E-state index contributed by atoms with van der Waals surface area (Å²) in [6, 6.07) is 9.53. The lowest BCUT2D eigenvalue weighted by atomic mass is 9.94. The van der Waals surface area contributed by atoms with E-state index in [0.717, 1.165) is 18.4 Å². The first-order valence-corrected chi connectivity index (χ1v) is 11.9. The molecule has 7 nitrogen and oxygen atoms in total. The van der Waals surface area contributed by atoms with E-state index in [1.165, 1.54) is 16.7 Å². The molecule has 0 spiro atoms. The maximum absolute atomic E-state index is 14.1. The molecule has 1 saturated heterocycles. The van der Waals surface area contributed by atoms with Crippen molar-refractivity contribution in [2.24, 2.45) is 7.05 Å². The van der Waals surface area contributed by atoms with E-state index in [1.807, 2.05) is 6.92 Å². The summed E-state index contributed by atoms with van der Waals surface area (Å²) in [7, 11) is 1.68. The number of pyridine rings is 2. The van der Waals surface area contributed by atoms with Crippen molar-refractivity contribution in [3.63, 3.8) is 0 Å². The summed E-state index contributed by atoms with van der Waals surface area (Å²) in [5.41, 5.74) is 2.63. The van der Waals surface area contributed by atoms with Crippen molar-refractivity contribution in [2.75, 3.05) is 24.6 Å². The normalized spacial score (nSPS) is 20.6. The van der Waals surface area contributed by atoms with Gasteiger partial charge in [0, 0.05) is 32.2 Å². The van der Waals surface area contributed by atoms with Gasteiger partial charge in [0.05, 0.1) is 11.6 Å². The zero-order valence-electron chi connectivity index (χ0n) is 20.0. The topological polar surface area (TPSA) is 74.4 Å². The van der Waals surface area contributed by atoms with Gasteiger partial charge in [-0.25, -0.2) is 13.8 Å². The van der Waals surface area contributed by atoms with Crippen LogP contribution in [-0.2, 0) is 7.05 Å². The molecule has 0 radical (unpaired) electrons. The number of anilines is 1. The Balaban J connectivity index is 1.58. The van der Waals surface area contributed by atoms with Gasteiger partial charge in [-0.3, -0.25) is 9.69 Å². The lowest BCUT2D eigenvalue weighted by Crippen LogP contribution is -2.62. The van der Waals surface area contributed by atoms with Crippen LogP contribution in [0.25, 0.3) is 11.0 Å². The Morgan fingerprint density at radius 3 is 2.69 bits per heavy atom. The van der Waals surface area contributed by atoms with Crippen LogP contribution in [0.2, 0.25) is 0 Å². The second-order valence-corrected chi connectivity index (χ2v) is 9.19. The van der Waals surface area contributed by atoms with Gasteiger partial charge < -0.3 is 14.2 Å². The first-order chi connectivity index (χ1) is 16.9. The molecule has 35 heavy (non-hydrogen) atoms. The summed E-state index contributed by atoms with van der Waals surface area (Å²) in [6.07, 6.45) is 1.57. The van der Waals surface area contributed by atoms with Gasteiger partial charge in [0.15, 0.2) is 11.6 Å². The highest BCUT2D eigenvalue weighted by atomic mass is 19.2. The molecule has 9 heteroatoms. The lowest BCUT2D eigenvalue weighted by Gasteiger charge is -2.51. The largest absolute Gasteiger partial charge is 0.484 e. The predicted octanol–water partition coefficient (Wildman–Crippen LogP) is 3.90. The average molecular weight is 480 g/mol. The fraction of sp³-hybridized carbons (Fsp3) is 0.423. The third-order valence-electron chi connectivity index (χ3n) is 7.32. The molecule has 0 aliphatic carbocycles. The van der Waals surface area contributed by atoms with Crippen molar-refractivity contribution in [2.45, 2.75) is 44.8 Å². The predicted molar refractivity (Wildman–Crippen MR) is 129 cm³/mol. The van der Waals surface area contributed by atoms with Crippen molar-refractivity contribution in [1.29, 1.82) is 5.26 Å². The van der Waals surface area contributed by atoms with Crippen LogP contribution in [0.3, 0.4) is 0 Å². The molecule has 0 N–H and O–H groups in total. The molecule has 0 bridgehead atoms. The van der Waals surface area contributed by atoms with Crippen LogP contribution in [0.15, 0.2) is 35.1 Å². The molecular weight excluding hydrogens is 452 g/mol. The summed E-state index contributed by atoms with van der Waals surface area (Å²) in [4.78, 5) is 22.2. The number of aryl methyl sites for hydroxylation is 1. The number of benzene rings is 1. The molecule has 3 atom stereocenters. The molecule has 2 aliphatic rings. The molecule has 1 aromatic carbocycles. The molecule has 5 rings (SSSR count). The molecule has 1 fully saturated rings. The third kappa shape index (κ3) is 3.73. The fourth-order valence-corrected chi connectivity index (χ4v) is 5.52. The number of rotatable bonds is 4. The highest BCUT2D eigenvalue weighted by Gasteiger charge is 2.42. The number of nitrogens with zero attached hydrogens (tertiary/aromatic N) is 5. The summed E-state index contributed by atoms with van der Waals surface area (Å²) in [5.74, 6) is -1.44. The minimum Gasteiger partial charge on any atom is -0.484 e. The number of ether oxygens (including phenoxy) is 1. The van der Waals surface area contributed by atoms with Gasteiger partial charge in [-0.2, -0.15) is 5.26 Å². The Labute approximate surface area is 202 Å². The number of aromatic nitrogens is 2. The highest BCUT2D eigenvalue weighted by Crippen LogP contribution is 2.41. The molecule has 2 aliphatic heterocycles. The Bertz CT molecular complexity index is 1400. The number of piperazine rings is 1. The maximum Gasteiger partial charge on any atom is 0.295 e. The first-order valence-electron chi connectivity index (χ1n) is 11.9. The second-order valence-electron chi connectivity index (χ2n) is 9.19. The van der Waals surface area contributed by atoms with E-state index >= 15 is 0 Å². The molecule has 3 aromatic rings. The van der Waals surface area contributed by atoms with E-state index in [9.17, 15) is 18.8 Å². The summed E-state index contributed by atoms with van der Waals surface area (Å²) in [5, 5.41) is 9.42. The van der Waals surface area contributed by atoms with Crippen molar-refractivity contribution in [3.05, 3.63) is 63.6 Å². The van der Waals surface area contributed by atoms with E-state index in [4.69, 9.17) is 4.74 Å². The summed E-state index contributed by atoms with van der Waals surface area (Å²) >= 11 is 0. The second kappa shape index (κ2) is 8.93. The first kappa shape index (κ1) is 23.2. The Morgan fingerprint density at radius 2 is 2.00 bits per heavy atom. The smallest absolute Gasteiger partial charge is 0.295 e. The Hall–Kier alpha value is -3.51. The number of hydrogen-bond acceptors (Lipinski definition) is 6. The standard InChI is InChI=1S/C26H27F2N5O2/c1-4-17-12-33-18(13-32(17)21(5-2)15-6-8-19(27)20(28)10-15)14-35-25-24(33)23-22(31(3)26(25)34)9-7-16(11-29)30-23/h6-10,17-18,21H,4-5,12-14H2,1-3H3/t17-,18+,21+/m1/s1. The van der Waals surface area contributed by atoms with E-state index in [-0.39, 0.29) is 35.1 Å². The minimum absolute atomic E-state index is 0.0625. The van der Waals surface area contributed by atoms with Gasteiger partial charge in [-0.15, -0.1) is 0 Å². The summed E-state index contributed by atoms with van der Waals surface area (Å²) < 4.78 is 35.2. The Morgan fingerprint density at radius 1 is 1.20 bits per heavy atom. The third-order valence-corrected chi connectivity index (χ3v) is 7.32. The zero-order chi connectivity index (χ0) is 24.9. The van der Waals surface area contributed by atoms with Gasteiger partial charge in [0.2, 0.25) is 5.75 Å². The molecule has 0 saturated carbocycles. The summed E-state index contributed by atoms with van der Waals surface area (Å²) in [6.45, 7) is 5.73. The van der Waals surface area contributed by atoms with E-state index in [2.05, 4.69) is 27.8 Å². The van der Waals surface area contributed by atoms with Crippen molar-refractivity contribution in [3.8, 4) is 11.8 Å². The van der Waals surface area contributed by atoms with E-state index < -0.39 is 11.6 Å². The van der Waals surface area contributed by atoms with Gasteiger partial charge in [-0.05, 0) is 42.7 Å². The van der Waals surface area contributed by atoms with Crippen molar-refractivity contribution >= 4 is 16.7 Å². The fourth-order valence-electron chi connectivity index (χ4n) is 5.52. The van der Waals surface area contributed by atoms with Gasteiger partial charge in [-0.1, -0.05) is 19.9 Å².